The number of pyridine rings is 1. The van der Waals surface area contributed by atoms with E-state index in [1.807, 2.05) is 6.92 Å². The van der Waals surface area contributed by atoms with E-state index < -0.39 is 5.82 Å². The summed E-state index contributed by atoms with van der Waals surface area (Å²) in [6, 6.07) is 1.18. The third-order valence-corrected chi connectivity index (χ3v) is 2.85. The van der Waals surface area contributed by atoms with Crippen molar-refractivity contribution in [1.82, 2.24) is 20.1 Å². The van der Waals surface area contributed by atoms with Gasteiger partial charge in [0.05, 0.1) is 18.0 Å². The van der Waals surface area contributed by atoms with Crippen LogP contribution in [0.15, 0.2) is 24.7 Å². The molecule has 0 bridgehead atoms. The van der Waals surface area contributed by atoms with Crippen LogP contribution in [0, 0.1) is 5.82 Å². The van der Waals surface area contributed by atoms with Crippen molar-refractivity contribution in [1.29, 1.82) is 0 Å². The smallest absolute Gasteiger partial charge is 0.255 e. The van der Waals surface area contributed by atoms with Gasteiger partial charge in [-0.2, -0.15) is 5.10 Å². The zero-order valence-electron chi connectivity index (χ0n) is 12.1. The van der Waals surface area contributed by atoms with Crippen molar-refractivity contribution in [3.05, 3.63) is 41.6 Å². The summed E-state index contributed by atoms with van der Waals surface area (Å²) >= 11 is 0. The van der Waals surface area contributed by atoms with Gasteiger partial charge >= 0.3 is 0 Å². The molecule has 112 valence electrons. The van der Waals surface area contributed by atoms with Gasteiger partial charge in [0, 0.05) is 31.9 Å². The van der Waals surface area contributed by atoms with Crippen LogP contribution in [-0.2, 0) is 13.6 Å². The lowest BCUT2D eigenvalue weighted by Crippen LogP contribution is -2.24. The molecule has 2 aromatic rings. The Morgan fingerprint density at radius 1 is 1.43 bits per heavy atom. The molecule has 0 aliphatic rings. The van der Waals surface area contributed by atoms with E-state index in [0.29, 0.717) is 18.9 Å². The van der Waals surface area contributed by atoms with E-state index in [2.05, 4.69) is 20.7 Å². The molecule has 0 unspecified atom stereocenters. The summed E-state index contributed by atoms with van der Waals surface area (Å²) in [5.74, 6) is -0.519. The van der Waals surface area contributed by atoms with Gasteiger partial charge in [-0.3, -0.25) is 9.48 Å². The lowest BCUT2D eigenvalue weighted by Gasteiger charge is -2.10. The zero-order chi connectivity index (χ0) is 15.2. The minimum absolute atomic E-state index is 0.201. The Hall–Kier alpha value is -2.44. The molecule has 0 fully saturated rings. The highest BCUT2D eigenvalue weighted by molar-refractivity contribution is 5.98. The highest BCUT2D eigenvalue weighted by Crippen LogP contribution is 2.14. The molecule has 7 heteroatoms. The third kappa shape index (κ3) is 4.01. The predicted molar refractivity (Wildman–Crippen MR) is 77.4 cm³/mol. The van der Waals surface area contributed by atoms with Crippen molar-refractivity contribution < 1.29 is 9.18 Å². The Morgan fingerprint density at radius 2 is 2.24 bits per heavy atom. The lowest BCUT2D eigenvalue weighted by molar-refractivity contribution is 0.0951. The molecular formula is C14H18FN5O. The molecular weight excluding hydrogens is 273 g/mol. The molecule has 0 saturated heterocycles. The number of hydrogen-bond acceptors (Lipinski definition) is 4. The number of carbonyl (C=O) groups excluding carboxylic acids is 1. The number of hydrogen-bond donors (Lipinski definition) is 2. The number of halogens is 1. The normalized spacial score (nSPS) is 10.4. The van der Waals surface area contributed by atoms with Crippen LogP contribution >= 0.6 is 0 Å². The molecule has 0 aliphatic carbocycles. The van der Waals surface area contributed by atoms with Crippen LogP contribution < -0.4 is 10.6 Å². The van der Waals surface area contributed by atoms with Gasteiger partial charge in [0.15, 0.2) is 0 Å². The van der Waals surface area contributed by atoms with E-state index in [-0.39, 0.29) is 11.5 Å². The second kappa shape index (κ2) is 6.83. The largest absolute Gasteiger partial charge is 0.369 e. The van der Waals surface area contributed by atoms with E-state index in [1.165, 1.54) is 6.07 Å². The van der Waals surface area contributed by atoms with Gasteiger partial charge in [0.2, 0.25) is 0 Å². The van der Waals surface area contributed by atoms with Crippen molar-refractivity contribution in [2.45, 2.75) is 19.9 Å². The summed E-state index contributed by atoms with van der Waals surface area (Å²) in [6.07, 6.45) is 5.45. The minimum atomic E-state index is -0.538. The number of aryl methyl sites for hydroxylation is 1. The maximum Gasteiger partial charge on any atom is 0.255 e. The molecule has 6 nitrogen and oxygen atoms in total. The maximum atomic E-state index is 13.3. The summed E-state index contributed by atoms with van der Waals surface area (Å²) in [7, 11) is 1.80. The number of rotatable bonds is 6. The summed E-state index contributed by atoms with van der Waals surface area (Å²) in [5.41, 5.74) is 1.07. The van der Waals surface area contributed by atoms with Crippen molar-refractivity contribution in [2.75, 3.05) is 11.9 Å². The maximum absolute atomic E-state index is 13.3. The zero-order valence-corrected chi connectivity index (χ0v) is 12.1. The molecule has 1 amide bonds. The van der Waals surface area contributed by atoms with E-state index in [0.717, 1.165) is 18.2 Å². The molecule has 2 rings (SSSR count). The highest BCUT2D eigenvalue weighted by atomic mass is 19.1. The highest BCUT2D eigenvalue weighted by Gasteiger charge is 2.14. The number of nitrogens with one attached hydrogen (secondary N) is 2. The Labute approximate surface area is 122 Å². The number of nitrogens with zero attached hydrogens (tertiary/aromatic N) is 3. The van der Waals surface area contributed by atoms with Gasteiger partial charge in [-0.25, -0.2) is 9.37 Å². The second-order valence-corrected chi connectivity index (χ2v) is 4.68. The van der Waals surface area contributed by atoms with Crippen molar-refractivity contribution in [3.8, 4) is 0 Å². The summed E-state index contributed by atoms with van der Waals surface area (Å²) in [4.78, 5) is 16.1. The standard InChI is InChI=1S/C14H18FN5O/c1-3-4-16-13-12(5-11(15)8-17-13)14(21)18-6-10-7-19-20(2)9-10/h5,7-9H,3-4,6H2,1-2H3,(H,16,17)(H,18,21). The Bertz CT molecular complexity index is 626. The summed E-state index contributed by atoms with van der Waals surface area (Å²) in [6.45, 7) is 3.00. The molecule has 21 heavy (non-hydrogen) atoms. The van der Waals surface area contributed by atoms with Gasteiger partial charge in [0.1, 0.15) is 11.6 Å². The predicted octanol–water partition coefficient (Wildman–Crippen LogP) is 1.71. The Kier molecular flexibility index (Phi) is 4.86. The fraction of sp³-hybridized carbons (Fsp3) is 0.357. The Morgan fingerprint density at radius 3 is 2.90 bits per heavy atom. The molecule has 0 radical (unpaired) electrons. The number of aromatic nitrogens is 3. The minimum Gasteiger partial charge on any atom is -0.369 e. The first-order valence-corrected chi connectivity index (χ1v) is 6.75. The molecule has 2 heterocycles. The molecule has 0 aliphatic heterocycles. The first kappa shape index (κ1) is 15.0. The molecule has 0 aromatic carbocycles. The topological polar surface area (TPSA) is 71.8 Å². The number of amides is 1. The molecule has 0 spiro atoms. The van der Waals surface area contributed by atoms with Gasteiger partial charge in [-0.05, 0) is 12.5 Å². The van der Waals surface area contributed by atoms with Crippen molar-refractivity contribution in [3.63, 3.8) is 0 Å². The molecule has 2 N–H and O–H groups in total. The van der Waals surface area contributed by atoms with Gasteiger partial charge < -0.3 is 10.6 Å². The van der Waals surface area contributed by atoms with Crippen LogP contribution in [-0.4, -0.2) is 27.2 Å². The van der Waals surface area contributed by atoms with Crippen LogP contribution in [0.3, 0.4) is 0 Å². The van der Waals surface area contributed by atoms with Crippen molar-refractivity contribution in [2.24, 2.45) is 7.05 Å². The van der Waals surface area contributed by atoms with Crippen LogP contribution in [0.5, 0.6) is 0 Å². The van der Waals surface area contributed by atoms with E-state index >= 15 is 0 Å². The SMILES string of the molecule is CCCNc1ncc(F)cc1C(=O)NCc1cnn(C)c1. The van der Waals surface area contributed by atoms with Crippen LogP contribution in [0.2, 0.25) is 0 Å². The van der Waals surface area contributed by atoms with Crippen LogP contribution in [0.1, 0.15) is 29.3 Å². The monoisotopic (exact) mass is 291 g/mol. The first-order valence-electron chi connectivity index (χ1n) is 6.75. The van der Waals surface area contributed by atoms with Gasteiger partial charge in [0.25, 0.3) is 5.91 Å². The Balaban J connectivity index is 2.08. The first-order chi connectivity index (χ1) is 10.1. The van der Waals surface area contributed by atoms with Gasteiger partial charge in [-0.15, -0.1) is 0 Å². The molecule has 0 atom stereocenters. The number of anilines is 1. The van der Waals surface area contributed by atoms with E-state index in [9.17, 15) is 9.18 Å². The molecule has 2 aromatic heterocycles. The fourth-order valence-corrected chi connectivity index (χ4v) is 1.84. The van der Waals surface area contributed by atoms with Gasteiger partial charge in [-0.1, -0.05) is 6.92 Å². The average molecular weight is 291 g/mol. The van der Waals surface area contributed by atoms with Crippen molar-refractivity contribution >= 4 is 11.7 Å². The lowest BCUT2D eigenvalue weighted by atomic mass is 10.2. The van der Waals surface area contributed by atoms with Crippen LogP contribution in [0.4, 0.5) is 10.2 Å². The summed E-state index contributed by atoms with van der Waals surface area (Å²) in [5, 5.41) is 9.77. The second-order valence-electron chi connectivity index (χ2n) is 4.68. The summed E-state index contributed by atoms with van der Waals surface area (Å²) < 4.78 is 15.0. The quantitative estimate of drug-likeness (QED) is 0.850. The van der Waals surface area contributed by atoms with Crippen LogP contribution in [0.25, 0.3) is 0 Å². The average Bonchev–Trinajstić information content (AvgIpc) is 2.89. The molecule has 0 saturated carbocycles. The fourth-order valence-electron chi connectivity index (χ4n) is 1.84. The third-order valence-electron chi connectivity index (χ3n) is 2.85. The number of carbonyl (C=O) groups is 1. The van der Waals surface area contributed by atoms with E-state index in [1.54, 1.807) is 24.1 Å². The van der Waals surface area contributed by atoms with E-state index in [4.69, 9.17) is 0 Å².